The van der Waals surface area contributed by atoms with Crippen LogP contribution in [0.2, 0.25) is 0 Å². The SMILES string of the molecule is CCOc1c(CN2O[C@@H](CN)[C@@H]([C@H](C)O)[C@H]2C(=O)N[C@H]2C[C@@H]3C[C@@H]([C@@H]2C)C3(C)C)cccc1-c1cc(C(=O)N[C@@H](CC2=CCCC=C2)CN(C)C)cc(N(C)C)c1. The Labute approximate surface area is 341 Å². The zero-order chi connectivity index (χ0) is 41.2. The zero-order valence-corrected chi connectivity index (χ0v) is 35.8. The van der Waals surface area contributed by atoms with Gasteiger partial charge in [0.15, 0.2) is 0 Å². The van der Waals surface area contributed by atoms with Crippen molar-refractivity contribution in [3.05, 3.63) is 71.3 Å². The first kappa shape index (κ1) is 42.9. The highest BCUT2D eigenvalue weighted by Crippen LogP contribution is 2.61. The highest BCUT2D eigenvalue weighted by Gasteiger charge is 2.57. The lowest BCUT2D eigenvalue weighted by atomic mass is 9.45. The molecule has 11 nitrogen and oxygen atoms in total. The molecule has 312 valence electrons. The number of rotatable bonds is 16. The lowest BCUT2D eigenvalue weighted by Gasteiger charge is -2.62. The van der Waals surface area contributed by atoms with Crippen LogP contribution in [-0.2, 0) is 16.2 Å². The van der Waals surface area contributed by atoms with E-state index in [2.05, 4.69) is 60.6 Å². The van der Waals surface area contributed by atoms with Gasteiger partial charge >= 0.3 is 0 Å². The molecular weight excluding hydrogens is 717 g/mol. The van der Waals surface area contributed by atoms with Gasteiger partial charge in [0, 0.05) is 67.6 Å². The molecule has 2 bridgehead atoms. The fourth-order valence-electron chi connectivity index (χ4n) is 10.1. The summed E-state index contributed by atoms with van der Waals surface area (Å²) < 4.78 is 6.43. The Hall–Kier alpha value is -3.74. The minimum Gasteiger partial charge on any atom is -0.493 e. The summed E-state index contributed by atoms with van der Waals surface area (Å²) in [5, 5.41) is 19.5. The second-order valence-corrected chi connectivity index (χ2v) is 18.1. The molecule has 2 amide bonds. The number of hydrogen-bond acceptors (Lipinski definition) is 9. The quantitative estimate of drug-likeness (QED) is 0.168. The van der Waals surface area contributed by atoms with Crippen molar-refractivity contribution in [2.75, 3.05) is 52.8 Å². The average Bonchev–Trinajstić information content (AvgIpc) is 3.54. The van der Waals surface area contributed by atoms with Crippen LogP contribution in [-0.4, -0.2) is 105 Å². The number of benzene rings is 2. The largest absolute Gasteiger partial charge is 0.493 e. The number of carbonyl (C=O) groups is 2. The number of aliphatic hydroxyl groups excluding tert-OH is 1. The molecule has 7 rings (SSSR count). The van der Waals surface area contributed by atoms with E-state index in [-0.39, 0.29) is 37.0 Å². The molecule has 1 heterocycles. The Bertz CT molecular complexity index is 1800. The van der Waals surface area contributed by atoms with Crippen LogP contribution in [0.4, 0.5) is 5.69 Å². The molecule has 5 N–H and O–H groups in total. The van der Waals surface area contributed by atoms with Gasteiger partial charge in [-0.05, 0) is 107 Å². The van der Waals surface area contributed by atoms with Gasteiger partial charge in [0.1, 0.15) is 11.8 Å². The number of anilines is 1. The number of nitrogens with two attached hydrogens (primary N) is 1. The van der Waals surface area contributed by atoms with E-state index >= 15 is 0 Å². The molecule has 1 saturated heterocycles. The number of para-hydroxylation sites is 1. The molecule has 3 saturated carbocycles. The number of likely N-dealkylation sites (N-methyl/N-ethyl adjacent to an activating group) is 1. The maximum atomic E-state index is 14.4. The fourth-order valence-corrected chi connectivity index (χ4v) is 10.1. The fraction of sp³-hybridized carbons (Fsp3) is 0.609. The second kappa shape index (κ2) is 18.0. The highest BCUT2D eigenvalue weighted by molar-refractivity contribution is 5.97. The van der Waals surface area contributed by atoms with Gasteiger partial charge in [-0.1, -0.05) is 62.8 Å². The first-order valence-electron chi connectivity index (χ1n) is 21.1. The van der Waals surface area contributed by atoms with Crippen LogP contribution >= 0.6 is 0 Å². The summed E-state index contributed by atoms with van der Waals surface area (Å²) in [6.07, 6.45) is 10.3. The third-order valence-corrected chi connectivity index (χ3v) is 13.3. The van der Waals surface area contributed by atoms with Gasteiger partial charge in [-0.15, -0.1) is 0 Å². The van der Waals surface area contributed by atoms with Crippen LogP contribution in [0.1, 0.15) is 82.6 Å². The number of carbonyl (C=O) groups excluding carboxylic acids is 2. The minimum absolute atomic E-state index is 0.0671. The van der Waals surface area contributed by atoms with Gasteiger partial charge in [0.2, 0.25) is 5.91 Å². The van der Waals surface area contributed by atoms with Crippen LogP contribution in [0.5, 0.6) is 5.75 Å². The lowest BCUT2D eigenvalue weighted by Crippen LogP contribution is -2.62. The van der Waals surface area contributed by atoms with Crippen LogP contribution in [0.3, 0.4) is 0 Å². The Balaban J connectivity index is 1.30. The number of amides is 2. The van der Waals surface area contributed by atoms with Crippen molar-refractivity contribution in [1.29, 1.82) is 0 Å². The number of nitrogens with zero attached hydrogens (tertiary/aromatic N) is 3. The molecule has 0 spiro atoms. The molecule has 4 fully saturated rings. The predicted molar refractivity (Wildman–Crippen MR) is 228 cm³/mol. The molecule has 0 radical (unpaired) electrons. The molecule has 4 aliphatic carbocycles. The monoisotopic (exact) mass is 785 g/mol. The zero-order valence-electron chi connectivity index (χ0n) is 35.8. The molecule has 11 heteroatoms. The number of ether oxygens (including phenoxy) is 1. The summed E-state index contributed by atoms with van der Waals surface area (Å²) in [6.45, 7) is 12.2. The number of fused-ring (bicyclic) bond motifs is 2. The minimum atomic E-state index is -0.820. The van der Waals surface area contributed by atoms with Crippen LogP contribution in [0.25, 0.3) is 11.1 Å². The molecular formula is C46H68N6O5. The maximum Gasteiger partial charge on any atom is 0.251 e. The second-order valence-electron chi connectivity index (χ2n) is 18.1. The van der Waals surface area contributed by atoms with Gasteiger partial charge in [-0.3, -0.25) is 14.4 Å². The topological polar surface area (TPSA) is 133 Å². The molecule has 0 unspecified atom stereocenters. The Morgan fingerprint density at radius 1 is 1.12 bits per heavy atom. The number of aliphatic hydroxyl groups is 1. The van der Waals surface area contributed by atoms with Crippen molar-refractivity contribution in [3.63, 3.8) is 0 Å². The van der Waals surface area contributed by atoms with Gasteiger partial charge in [0.25, 0.3) is 5.91 Å². The molecule has 5 aliphatic rings. The van der Waals surface area contributed by atoms with E-state index in [9.17, 15) is 14.7 Å². The first-order valence-corrected chi connectivity index (χ1v) is 21.1. The molecule has 2 aromatic carbocycles. The van der Waals surface area contributed by atoms with Crippen molar-refractivity contribution in [2.45, 2.75) is 104 Å². The van der Waals surface area contributed by atoms with Crippen molar-refractivity contribution in [2.24, 2.45) is 34.8 Å². The molecule has 1 aliphatic heterocycles. The third kappa shape index (κ3) is 9.28. The van der Waals surface area contributed by atoms with E-state index in [0.29, 0.717) is 47.6 Å². The van der Waals surface area contributed by atoms with E-state index in [1.807, 2.05) is 70.3 Å². The van der Waals surface area contributed by atoms with Crippen molar-refractivity contribution in [3.8, 4) is 16.9 Å². The smallest absolute Gasteiger partial charge is 0.251 e. The lowest BCUT2D eigenvalue weighted by molar-refractivity contribution is -0.176. The van der Waals surface area contributed by atoms with Crippen molar-refractivity contribution in [1.82, 2.24) is 20.6 Å². The summed E-state index contributed by atoms with van der Waals surface area (Å²) >= 11 is 0. The summed E-state index contributed by atoms with van der Waals surface area (Å²) in [4.78, 5) is 39.1. The molecule has 0 aromatic heterocycles. The molecule has 9 atom stereocenters. The van der Waals surface area contributed by atoms with E-state index in [4.69, 9.17) is 15.3 Å². The maximum absolute atomic E-state index is 14.4. The predicted octanol–water partition coefficient (Wildman–Crippen LogP) is 5.77. The number of hydroxylamine groups is 2. The van der Waals surface area contributed by atoms with Crippen molar-refractivity contribution < 1.29 is 24.3 Å². The summed E-state index contributed by atoms with van der Waals surface area (Å²) in [5.41, 5.74) is 11.7. The van der Waals surface area contributed by atoms with Gasteiger partial charge in [-0.25, -0.2) is 0 Å². The summed E-state index contributed by atoms with van der Waals surface area (Å²) in [6, 6.07) is 11.2. The Kier molecular flexibility index (Phi) is 13.6. The Morgan fingerprint density at radius 2 is 1.89 bits per heavy atom. The third-order valence-electron chi connectivity index (χ3n) is 13.3. The van der Waals surface area contributed by atoms with Gasteiger partial charge < -0.3 is 36.0 Å². The number of hydrogen-bond donors (Lipinski definition) is 4. The van der Waals surface area contributed by atoms with E-state index in [1.165, 1.54) is 12.0 Å². The normalized spacial score (nSPS) is 27.6. The Morgan fingerprint density at radius 3 is 2.51 bits per heavy atom. The number of nitrogens with one attached hydrogen (secondary N) is 2. The van der Waals surface area contributed by atoms with Crippen LogP contribution in [0, 0.1) is 29.1 Å². The molecule has 57 heavy (non-hydrogen) atoms. The highest BCUT2D eigenvalue weighted by atomic mass is 16.7. The number of allylic oxidation sites excluding steroid dienone is 3. The summed E-state index contributed by atoms with van der Waals surface area (Å²) in [7, 11) is 7.99. The average molecular weight is 785 g/mol. The van der Waals surface area contributed by atoms with Gasteiger partial charge in [-0.2, -0.15) is 5.06 Å². The first-order chi connectivity index (χ1) is 27.1. The van der Waals surface area contributed by atoms with Gasteiger partial charge in [0.05, 0.1) is 25.4 Å². The van der Waals surface area contributed by atoms with E-state index < -0.39 is 24.2 Å². The van der Waals surface area contributed by atoms with Crippen LogP contribution < -0.4 is 26.0 Å². The van der Waals surface area contributed by atoms with Crippen LogP contribution in [0.15, 0.2) is 60.2 Å². The van der Waals surface area contributed by atoms with E-state index in [1.54, 1.807) is 12.0 Å². The standard InChI is InChI=1S/C46H68N6O5/c1-10-56-43-31(26-52-42(41(29(3)53)40(25-47)57-52)45(55)49-39-24-34-23-38(28(39)2)46(34,4)5)17-14-18-37(43)32-20-33(22-36(21-32)51(8)9)44(54)48-35(27-50(6)7)19-30-15-12-11-13-16-30/h12,14-18,20-22,28-29,34-35,38-42,53H,10-11,13,19,23-27,47H2,1-9H3,(H,48,54)(H,49,55)/t28-,29-,34-,35-,38-,39-,40-,41+,42-/m0/s1. The van der Waals surface area contributed by atoms with Crippen molar-refractivity contribution >= 4 is 17.5 Å². The van der Waals surface area contributed by atoms with E-state index in [0.717, 1.165) is 48.1 Å². The molecule has 2 aromatic rings. The summed E-state index contributed by atoms with van der Waals surface area (Å²) in [5.74, 6) is 1.39.